The highest BCUT2D eigenvalue weighted by atomic mass is 79.9. The van der Waals surface area contributed by atoms with Crippen LogP contribution in [0.3, 0.4) is 0 Å². The van der Waals surface area contributed by atoms with E-state index in [1.807, 2.05) is 0 Å². The summed E-state index contributed by atoms with van der Waals surface area (Å²) in [6.07, 6.45) is 0. The highest BCUT2D eigenvalue weighted by molar-refractivity contribution is 9.10. The Balaban J connectivity index is 2.31. The summed E-state index contributed by atoms with van der Waals surface area (Å²) in [5, 5.41) is 3.09. The van der Waals surface area contributed by atoms with Crippen LogP contribution in [-0.2, 0) is 0 Å². The molecule has 19 heavy (non-hydrogen) atoms. The smallest absolute Gasteiger partial charge is 0.256 e. The maximum atomic E-state index is 13.6. The van der Waals surface area contributed by atoms with Crippen LogP contribution in [-0.4, -0.2) is 5.91 Å². The molecular formula is C14H10BrClFNO. The van der Waals surface area contributed by atoms with Crippen LogP contribution in [0.4, 0.5) is 10.1 Å². The summed E-state index contributed by atoms with van der Waals surface area (Å²) < 4.78 is 14.2. The maximum absolute atomic E-state index is 13.6. The minimum atomic E-state index is -0.460. The molecule has 98 valence electrons. The predicted octanol–water partition coefficient (Wildman–Crippen LogP) is 4.80. The summed E-state index contributed by atoms with van der Waals surface area (Å²) in [7, 11) is 0. The molecule has 0 atom stereocenters. The standard InChI is InChI=1S/C14H10BrClFNO/c1-8-3-2-4-12(17)13(8)18-14(19)10-6-5-9(16)7-11(10)15/h2-7H,1H3,(H,18,19). The fourth-order valence-corrected chi connectivity index (χ4v) is 2.51. The van der Waals surface area contributed by atoms with Gasteiger partial charge in [0.25, 0.3) is 5.91 Å². The fraction of sp³-hybridized carbons (Fsp3) is 0.0714. The largest absolute Gasteiger partial charge is 0.319 e. The quantitative estimate of drug-likeness (QED) is 0.834. The van der Waals surface area contributed by atoms with Crippen LogP contribution >= 0.6 is 27.5 Å². The van der Waals surface area contributed by atoms with Gasteiger partial charge in [-0.2, -0.15) is 0 Å². The normalized spacial score (nSPS) is 10.3. The van der Waals surface area contributed by atoms with Gasteiger partial charge in [0.05, 0.1) is 11.3 Å². The topological polar surface area (TPSA) is 29.1 Å². The Bertz CT molecular complexity index is 625. The first-order valence-electron chi connectivity index (χ1n) is 5.50. The third-order valence-electron chi connectivity index (χ3n) is 2.64. The molecule has 1 N–H and O–H groups in total. The second-order valence-corrected chi connectivity index (χ2v) is 5.30. The van der Waals surface area contributed by atoms with E-state index in [1.165, 1.54) is 6.07 Å². The van der Waals surface area contributed by atoms with Crippen molar-refractivity contribution in [1.82, 2.24) is 0 Å². The Morgan fingerprint density at radius 2 is 2.05 bits per heavy atom. The highest BCUT2D eigenvalue weighted by Gasteiger charge is 2.14. The van der Waals surface area contributed by atoms with Crippen molar-refractivity contribution in [3.8, 4) is 0 Å². The van der Waals surface area contributed by atoms with Gasteiger partial charge in [-0.3, -0.25) is 4.79 Å². The molecule has 1 amide bonds. The zero-order valence-corrected chi connectivity index (χ0v) is 12.3. The SMILES string of the molecule is Cc1cccc(F)c1NC(=O)c1ccc(Cl)cc1Br. The lowest BCUT2D eigenvalue weighted by atomic mass is 10.1. The Hall–Kier alpha value is -1.39. The van der Waals surface area contributed by atoms with Crippen LogP contribution in [0.2, 0.25) is 5.02 Å². The van der Waals surface area contributed by atoms with Crippen molar-refractivity contribution in [3.05, 3.63) is 62.8 Å². The molecule has 2 aromatic carbocycles. The molecule has 2 aromatic rings. The van der Waals surface area contributed by atoms with E-state index in [0.717, 1.165) is 0 Å². The second kappa shape index (κ2) is 5.72. The summed E-state index contributed by atoms with van der Waals surface area (Å²) in [5.41, 5.74) is 1.25. The van der Waals surface area contributed by atoms with Gasteiger partial charge in [0.2, 0.25) is 0 Å². The molecule has 0 aliphatic carbocycles. The molecule has 0 saturated heterocycles. The summed E-state index contributed by atoms with van der Waals surface area (Å²) in [6.45, 7) is 1.73. The third kappa shape index (κ3) is 3.14. The number of amides is 1. The van der Waals surface area contributed by atoms with E-state index in [0.29, 0.717) is 20.6 Å². The van der Waals surface area contributed by atoms with Crippen molar-refractivity contribution >= 4 is 39.1 Å². The van der Waals surface area contributed by atoms with Crippen molar-refractivity contribution in [2.24, 2.45) is 0 Å². The highest BCUT2D eigenvalue weighted by Crippen LogP contribution is 2.24. The van der Waals surface area contributed by atoms with Crippen molar-refractivity contribution in [3.63, 3.8) is 0 Å². The number of anilines is 1. The molecule has 0 aliphatic heterocycles. The van der Waals surface area contributed by atoms with Gasteiger partial charge in [0, 0.05) is 9.50 Å². The lowest BCUT2D eigenvalue weighted by Crippen LogP contribution is -2.14. The van der Waals surface area contributed by atoms with Gasteiger partial charge in [0.1, 0.15) is 5.82 Å². The maximum Gasteiger partial charge on any atom is 0.256 e. The van der Waals surface area contributed by atoms with Crippen molar-refractivity contribution in [2.45, 2.75) is 6.92 Å². The third-order valence-corrected chi connectivity index (χ3v) is 3.53. The van der Waals surface area contributed by atoms with Crippen LogP contribution in [0.25, 0.3) is 0 Å². The van der Waals surface area contributed by atoms with E-state index >= 15 is 0 Å². The van der Waals surface area contributed by atoms with Gasteiger partial charge < -0.3 is 5.32 Å². The molecule has 0 aromatic heterocycles. The summed E-state index contributed by atoms with van der Waals surface area (Å²) >= 11 is 9.07. The monoisotopic (exact) mass is 341 g/mol. The van der Waals surface area contributed by atoms with Gasteiger partial charge in [-0.15, -0.1) is 0 Å². The molecule has 0 unspecified atom stereocenters. The Morgan fingerprint density at radius 1 is 1.32 bits per heavy atom. The molecule has 0 bridgehead atoms. The number of halogens is 3. The van der Waals surface area contributed by atoms with Crippen molar-refractivity contribution < 1.29 is 9.18 Å². The van der Waals surface area contributed by atoms with Gasteiger partial charge in [0.15, 0.2) is 0 Å². The molecular weight excluding hydrogens is 333 g/mol. The molecule has 0 saturated carbocycles. The number of carbonyl (C=O) groups is 1. The van der Waals surface area contributed by atoms with Crippen molar-refractivity contribution in [1.29, 1.82) is 0 Å². The number of hydrogen-bond donors (Lipinski definition) is 1. The molecule has 5 heteroatoms. The minimum absolute atomic E-state index is 0.189. The van der Waals surface area contributed by atoms with E-state index in [4.69, 9.17) is 11.6 Å². The zero-order chi connectivity index (χ0) is 14.0. The lowest BCUT2D eigenvalue weighted by Gasteiger charge is -2.10. The predicted molar refractivity (Wildman–Crippen MR) is 78.2 cm³/mol. The molecule has 2 rings (SSSR count). The number of nitrogens with one attached hydrogen (secondary N) is 1. The van der Waals surface area contributed by atoms with Crippen LogP contribution in [0.5, 0.6) is 0 Å². The van der Waals surface area contributed by atoms with Crippen LogP contribution in [0, 0.1) is 12.7 Å². The molecule has 0 heterocycles. The molecule has 0 fully saturated rings. The van der Waals surface area contributed by atoms with E-state index in [-0.39, 0.29) is 5.69 Å². The minimum Gasteiger partial charge on any atom is -0.319 e. The van der Waals surface area contributed by atoms with Gasteiger partial charge in [-0.1, -0.05) is 23.7 Å². The van der Waals surface area contributed by atoms with E-state index < -0.39 is 11.7 Å². The molecule has 0 spiro atoms. The Labute approximate surface area is 123 Å². The second-order valence-electron chi connectivity index (χ2n) is 4.01. The van der Waals surface area contributed by atoms with Crippen LogP contribution in [0.15, 0.2) is 40.9 Å². The summed E-state index contributed by atoms with van der Waals surface area (Å²) in [6, 6.07) is 9.44. The van der Waals surface area contributed by atoms with Gasteiger partial charge in [-0.05, 0) is 52.7 Å². The number of aryl methyl sites for hydroxylation is 1. The average molecular weight is 343 g/mol. The number of benzene rings is 2. The molecule has 2 nitrogen and oxygen atoms in total. The number of carbonyl (C=O) groups excluding carboxylic acids is 1. The average Bonchev–Trinajstić information content (AvgIpc) is 2.33. The number of rotatable bonds is 2. The Morgan fingerprint density at radius 3 is 2.68 bits per heavy atom. The summed E-state index contributed by atoms with van der Waals surface area (Å²) in [5.74, 6) is -0.852. The number of hydrogen-bond acceptors (Lipinski definition) is 1. The van der Waals surface area contributed by atoms with Gasteiger partial charge >= 0.3 is 0 Å². The molecule has 0 radical (unpaired) electrons. The van der Waals surface area contributed by atoms with E-state index in [9.17, 15) is 9.18 Å². The Kier molecular flexibility index (Phi) is 4.22. The summed E-state index contributed by atoms with van der Waals surface area (Å²) in [4.78, 5) is 12.1. The van der Waals surface area contributed by atoms with Crippen LogP contribution < -0.4 is 5.32 Å². The first-order chi connectivity index (χ1) is 8.99. The zero-order valence-electron chi connectivity index (χ0n) is 10.0. The first-order valence-corrected chi connectivity index (χ1v) is 6.67. The van der Waals surface area contributed by atoms with Crippen LogP contribution in [0.1, 0.15) is 15.9 Å². The lowest BCUT2D eigenvalue weighted by molar-refractivity contribution is 0.102. The fourth-order valence-electron chi connectivity index (χ4n) is 1.64. The van der Waals surface area contributed by atoms with Crippen molar-refractivity contribution in [2.75, 3.05) is 5.32 Å². The van der Waals surface area contributed by atoms with E-state index in [2.05, 4.69) is 21.2 Å². The molecule has 0 aliphatic rings. The van der Waals surface area contributed by atoms with Gasteiger partial charge in [-0.25, -0.2) is 4.39 Å². The number of para-hydroxylation sites is 1. The van der Waals surface area contributed by atoms with E-state index in [1.54, 1.807) is 37.3 Å². The first kappa shape index (κ1) is 14.0.